The van der Waals surface area contributed by atoms with E-state index in [1.807, 2.05) is 12.1 Å². The number of aryl methyl sites for hydroxylation is 1. The number of hydrogen-bond donors (Lipinski definition) is 1. The standard InChI is InChI=1S/C23H32N4O2S/c1-5-24-23(25-17-20-9-11-21(12-10-20)30(4,28)29)27-15-13-26(14-16-27)22-8-6-7-18(2)19(22)3/h6-12H,5,13-17H2,1-4H3,(H,24,25). The summed E-state index contributed by atoms with van der Waals surface area (Å²) in [5.74, 6) is 0.908. The number of piperazine rings is 1. The number of nitrogens with zero attached hydrogens (tertiary/aromatic N) is 3. The summed E-state index contributed by atoms with van der Waals surface area (Å²) < 4.78 is 23.2. The third kappa shape index (κ3) is 5.33. The molecule has 0 radical (unpaired) electrons. The van der Waals surface area contributed by atoms with E-state index in [1.54, 1.807) is 12.1 Å². The van der Waals surface area contributed by atoms with Gasteiger partial charge in [-0.15, -0.1) is 0 Å². The highest BCUT2D eigenvalue weighted by Crippen LogP contribution is 2.24. The fourth-order valence-corrected chi connectivity index (χ4v) is 4.30. The van der Waals surface area contributed by atoms with Crippen molar-refractivity contribution in [2.75, 3.05) is 43.9 Å². The lowest BCUT2D eigenvalue weighted by Gasteiger charge is -2.38. The van der Waals surface area contributed by atoms with Gasteiger partial charge in [-0.3, -0.25) is 0 Å². The highest BCUT2D eigenvalue weighted by molar-refractivity contribution is 7.90. The lowest BCUT2D eigenvalue weighted by atomic mass is 10.1. The third-order valence-electron chi connectivity index (χ3n) is 5.59. The predicted octanol–water partition coefficient (Wildman–Crippen LogP) is 2.99. The molecule has 162 valence electrons. The van der Waals surface area contributed by atoms with Crippen molar-refractivity contribution in [3.63, 3.8) is 0 Å². The Morgan fingerprint density at radius 2 is 1.70 bits per heavy atom. The van der Waals surface area contributed by atoms with Gasteiger partial charge in [-0.1, -0.05) is 24.3 Å². The molecule has 0 spiro atoms. The zero-order valence-electron chi connectivity index (χ0n) is 18.4. The van der Waals surface area contributed by atoms with Gasteiger partial charge in [0.25, 0.3) is 0 Å². The average molecular weight is 429 g/mol. The van der Waals surface area contributed by atoms with Crippen LogP contribution in [-0.4, -0.2) is 58.3 Å². The van der Waals surface area contributed by atoms with Crippen LogP contribution in [0.5, 0.6) is 0 Å². The second-order valence-corrected chi connectivity index (χ2v) is 9.80. The zero-order chi connectivity index (χ0) is 21.7. The fourth-order valence-electron chi connectivity index (χ4n) is 3.67. The molecule has 1 heterocycles. The number of sulfone groups is 1. The molecule has 0 saturated carbocycles. The maximum absolute atomic E-state index is 11.6. The van der Waals surface area contributed by atoms with E-state index in [-0.39, 0.29) is 0 Å². The molecule has 1 saturated heterocycles. The summed E-state index contributed by atoms with van der Waals surface area (Å²) >= 11 is 0. The molecule has 2 aromatic carbocycles. The molecule has 0 aromatic heterocycles. The first-order valence-electron chi connectivity index (χ1n) is 10.4. The van der Waals surface area contributed by atoms with Gasteiger partial charge in [0.15, 0.2) is 15.8 Å². The molecule has 1 aliphatic heterocycles. The van der Waals surface area contributed by atoms with Crippen LogP contribution in [0.15, 0.2) is 52.4 Å². The van der Waals surface area contributed by atoms with Crippen LogP contribution in [0.25, 0.3) is 0 Å². The van der Waals surface area contributed by atoms with Crippen LogP contribution in [0.3, 0.4) is 0 Å². The van der Waals surface area contributed by atoms with Crippen molar-refractivity contribution in [1.29, 1.82) is 0 Å². The number of benzene rings is 2. The van der Waals surface area contributed by atoms with Crippen molar-refractivity contribution in [2.45, 2.75) is 32.2 Å². The molecule has 0 bridgehead atoms. The van der Waals surface area contributed by atoms with Gasteiger partial charge in [0.1, 0.15) is 0 Å². The predicted molar refractivity (Wildman–Crippen MR) is 124 cm³/mol. The lowest BCUT2D eigenvalue weighted by Crippen LogP contribution is -2.52. The van der Waals surface area contributed by atoms with E-state index < -0.39 is 9.84 Å². The van der Waals surface area contributed by atoms with Crippen LogP contribution in [0.1, 0.15) is 23.6 Å². The van der Waals surface area contributed by atoms with E-state index in [2.05, 4.69) is 54.1 Å². The summed E-state index contributed by atoms with van der Waals surface area (Å²) in [7, 11) is -3.17. The van der Waals surface area contributed by atoms with Crippen LogP contribution in [-0.2, 0) is 16.4 Å². The summed E-state index contributed by atoms with van der Waals surface area (Å²) in [6.07, 6.45) is 1.22. The molecule has 0 amide bonds. The highest BCUT2D eigenvalue weighted by Gasteiger charge is 2.21. The zero-order valence-corrected chi connectivity index (χ0v) is 19.2. The van der Waals surface area contributed by atoms with E-state index in [0.717, 1.165) is 44.2 Å². The van der Waals surface area contributed by atoms with Gasteiger partial charge in [0.05, 0.1) is 11.4 Å². The van der Waals surface area contributed by atoms with Crippen molar-refractivity contribution in [1.82, 2.24) is 10.2 Å². The molecule has 0 aliphatic carbocycles. The number of rotatable bonds is 5. The minimum atomic E-state index is -3.17. The second-order valence-electron chi connectivity index (χ2n) is 7.78. The molecule has 1 aliphatic rings. The Labute approximate surface area is 180 Å². The quantitative estimate of drug-likeness (QED) is 0.586. The summed E-state index contributed by atoms with van der Waals surface area (Å²) in [6, 6.07) is 13.5. The van der Waals surface area contributed by atoms with Crippen molar-refractivity contribution in [2.24, 2.45) is 4.99 Å². The van der Waals surface area contributed by atoms with Crippen LogP contribution in [0.2, 0.25) is 0 Å². The van der Waals surface area contributed by atoms with Gasteiger partial charge in [0, 0.05) is 44.7 Å². The summed E-state index contributed by atoms with van der Waals surface area (Å²) in [4.78, 5) is 9.88. The average Bonchev–Trinajstić information content (AvgIpc) is 2.73. The van der Waals surface area contributed by atoms with E-state index in [9.17, 15) is 8.42 Å². The summed E-state index contributed by atoms with van der Waals surface area (Å²) in [6.45, 7) is 11.5. The van der Waals surface area contributed by atoms with Gasteiger partial charge >= 0.3 is 0 Å². The molecular weight excluding hydrogens is 396 g/mol. The van der Waals surface area contributed by atoms with Gasteiger partial charge < -0.3 is 15.1 Å². The van der Waals surface area contributed by atoms with E-state index >= 15 is 0 Å². The van der Waals surface area contributed by atoms with Crippen molar-refractivity contribution >= 4 is 21.5 Å². The fraction of sp³-hybridized carbons (Fsp3) is 0.435. The molecule has 0 atom stereocenters. The van der Waals surface area contributed by atoms with Gasteiger partial charge in [-0.25, -0.2) is 13.4 Å². The first kappa shape index (κ1) is 22.2. The van der Waals surface area contributed by atoms with Gasteiger partial charge in [-0.05, 0) is 55.7 Å². The normalized spacial score (nSPS) is 15.4. The molecular formula is C23H32N4O2S. The molecule has 1 fully saturated rings. The number of nitrogens with one attached hydrogen (secondary N) is 1. The van der Waals surface area contributed by atoms with Crippen molar-refractivity contribution < 1.29 is 8.42 Å². The Kier molecular flexibility index (Phi) is 7.02. The van der Waals surface area contributed by atoms with Crippen molar-refractivity contribution in [3.8, 4) is 0 Å². The van der Waals surface area contributed by atoms with Gasteiger partial charge in [0.2, 0.25) is 0 Å². The highest BCUT2D eigenvalue weighted by atomic mass is 32.2. The topological polar surface area (TPSA) is 65.0 Å². The molecule has 0 unspecified atom stereocenters. The van der Waals surface area contributed by atoms with Gasteiger partial charge in [-0.2, -0.15) is 0 Å². The first-order valence-corrected chi connectivity index (χ1v) is 12.3. The number of guanidine groups is 1. The first-order chi connectivity index (χ1) is 14.3. The Balaban J connectivity index is 1.66. The SMILES string of the molecule is CCNC(=NCc1ccc(S(C)(=O)=O)cc1)N1CCN(c2cccc(C)c2C)CC1. The molecule has 30 heavy (non-hydrogen) atoms. The Morgan fingerprint density at radius 3 is 2.30 bits per heavy atom. The van der Waals surface area contributed by atoms with Crippen molar-refractivity contribution in [3.05, 3.63) is 59.2 Å². The summed E-state index contributed by atoms with van der Waals surface area (Å²) in [5, 5.41) is 3.39. The molecule has 7 heteroatoms. The Morgan fingerprint density at radius 1 is 1.03 bits per heavy atom. The third-order valence-corrected chi connectivity index (χ3v) is 6.72. The van der Waals surface area contributed by atoms with E-state index in [0.29, 0.717) is 11.4 Å². The monoisotopic (exact) mass is 428 g/mol. The van der Waals surface area contributed by atoms with Crippen LogP contribution in [0.4, 0.5) is 5.69 Å². The number of anilines is 1. The maximum Gasteiger partial charge on any atom is 0.194 e. The lowest BCUT2D eigenvalue weighted by molar-refractivity contribution is 0.372. The minimum absolute atomic E-state index is 0.338. The summed E-state index contributed by atoms with van der Waals surface area (Å²) in [5.41, 5.74) is 4.99. The molecule has 2 aromatic rings. The second kappa shape index (κ2) is 9.51. The molecule has 3 rings (SSSR count). The Hall–Kier alpha value is -2.54. The molecule has 1 N–H and O–H groups in total. The Bertz CT molecular complexity index is 992. The van der Waals surface area contributed by atoms with E-state index in [1.165, 1.54) is 23.1 Å². The van der Waals surface area contributed by atoms with Crippen LogP contribution >= 0.6 is 0 Å². The largest absolute Gasteiger partial charge is 0.368 e. The smallest absolute Gasteiger partial charge is 0.194 e. The minimum Gasteiger partial charge on any atom is -0.368 e. The number of hydrogen-bond acceptors (Lipinski definition) is 4. The van der Waals surface area contributed by atoms with E-state index in [4.69, 9.17) is 4.99 Å². The molecule has 6 nitrogen and oxygen atoms in total. The maximum atomic E-state index is 11.6. The van der Waals surface area contributed by atoms with Crippen LogP contribution in [0, 0.1) is 13.8 Å². The number of aliphatic imine (C=N–C) groups is 1. The van der Waals surface area contributed by atoms with Crippen LogP contribution < -0.4 is 10.2 Å².